The number of allylic oxidation sites excluding steroid dienone is 3. The molecule has 5 heteroatoms. The first-order chi connectivity index (χ1) is 36.3. The predicted molar refractivity (Wildman–Crippen MR) is 323 cm³/mol. The maximum Gasteiger partial charge on any atom is 0.119 e. The van der Waals surface area contributed by atoms with Gasteiger partial charge in [-0.1, -0.05) is 205 Å². The van der Waals surface area contributed by atoms with Crippen LogP contribution in [0.3, 0.4) is 0 Å². The van der Waals surface area contributed by atoms with Gasteiger partial charge in [-0.05, 0) is 179 Å². The highest BCUT2D eigenvalue weighted by molar-refractivity contribution is 5.99. The largest absolute Gasteiger partial charge is 0.494 e. The Morgan fingerprint density at radius 3 is 0.959 bits per heavy atom. The molecule has 74 heavy (non-hydrogen) atoms. The minimum Gasteiger partial charge on any atom is -0.494 e. The summed E-state index contributed by atoms with van der Waals surface area (Å²) in [4.78, 5) is 7.41. The Morgan fingerprint density at radius 2 is 0.635 bits per heavy atom. The van der Waals surface area contributed by atoms with Crippen LogP contribution in [0.5, 0.6) is 11.5 Å². The van der Waals surface area contributed by atoms with Crippen LogP contribution in [0.4, 0.5) is 0 Å². The molecule has 0 radical (unpaired) electrons. The van der Waals surface area contributed by atoms with Crippen LogP contribution >= 0.6 is 0 Å². The number of nitrogens with zero attached hydrogens (tertiary/aromatic N) is 3. The molecule has 0 unspecified atom stereocenters. The molecule has 0 heterocycles. The number of rotatable bonds is 31. The Hall–Kier alpha value is -5.98. The molecule has 6 rings (SSSR count). The number of hydrogen-bond acceptors (Lipinski definition) is 5. The molecule has 0 spiro atoms. The molecule has 0 saturated heterocycles. The van der Waals surface area contributed by atoms with Gasteiger partial charge in [-0.15, -0.1) is 6.58 Å². The van der Waals surface area contributed by atoms with Crippen molar-refractivity contribution in [2.45, 2.75) is 105 Å². The van der Waals surface area contributed by atoms with E-state index in [9.17, 15) is 0 Å². The molecule has 0 aliphatic heterocycles. The zero-order valence-corrected chi connectivity index (χ0v) is 47.0. The number of hydrogen-bond donors (Lipinski definition) is 0. The lowest BCUT2D eigenvalue weighted by molar-refractivity contribution is 0.234. The molecule has 0 amide bonds. The Balaban J connectivity index is 0.00000229. The first-order valence-electron chi connectivity index (χ1n) is 28.1. The maximum absolute atomic E-state index is 6.22. The second-order valence-corrected chi connectivity index (χ2v) is 19.1. The van der Waals surface area contributed by atoms with Crippen molar-refractivity contribution in [2.75, 3.05) is 73.6 Å². The second kappa shape index (κ2) is 36.9. The Morgan fingerprint density at radius 1 is 0.365 bits per heavy atom. The van der Waals surface area contributed by atoms with E-state index in [1.807, 2.05) is 20.8 Å². The Labute approximate surface area is 450 Å². The predicted octanol–water partition coefficient (Wildman–Crippen LogP) is 17.4. The van der Waals surface area contributed by atoms with E-state index in [2.05, 4.69) is 226 Å². The average molecular weight is 997 g/mol. The third-order valence-corrected chi connectivity index (χ3v) is 13.3. The lowest BCUT2D eigenvalue weighted by Crippen LogP contribution is -2.25. The summed E-state index contributed by atoms with van der Waals surface area (Å²) in [6.07, 6.45) is 15.0. The number of likely N-dealkylation sites (N-methyl/N-ethyl adjacent to an activating group) is 1. The quantitative estimate of drug-likeness (QED) is 0.0246. The lowest BCUT2D eigenvalue weighted by atomic mass is 9.88. The lowest BCUT2D eigenvalue weighted by Gasteiger charge is -2.19. The normalized spacial score (nSPS) is 11.8. The van der Waals surface area contributed by atoms with Gasteiger partial charge in [0.25, 0.3) is 0 Å². The standard InChI is InChI=1S/C64H81N3O2.C3H6.C2H6/c1-6-61(53-29-16-12-17-30-53)63(55-33-20-14-21-34-55)57-37-41-59(42-38-57)68-51-28-49-66(4)47-26-9-8-24-45-65(3)46-25-10-11-27-48-67(5)50-52-69-60-43-39-58(40-44-60)64(56-35-22-15-23-36-56)62(7-2)54-31-18-13-19-32-54;1-3-2;1-2/h12-23,29-44H,6-11,24-28,45-52H2,1-5H3;3H,1H2,2H3;1-2H3/b63-61-,64-62-;;. The number of ether oxygens (including phenoxy) is 2. The fourth-order valence-corrected chi connectivity index (χ4v) is 9.42. The van der Waals surface area contributed by atoms with Crippen LogP contribution in [0, 0.1) is 0 Å². The van der Waals surface area contributed by atoms with Crippen molar-refractivity contribution in [2.24, 2.45) is 0 Å². The van der Waals surface area contributed by atoms with Crippen LogP contribution < -0.4 is 9.47 Å². The fourth-order valence-electron chi connectivity index (χ4n) is 9.42. The van der Waals surface area contributed by atoms with E-state index in [0.717, 1.165) is 63.5 Å². The minimum absolute atomic E-state index is 0.695. The monoisotopic (exact) mass is 996 g/mol. The summed E-state index contributed by atoms with van der Waals surface area (Å²) in [5.41, 5.74) is 12.8. The van der Waals surface area contributed by atoms with E-state index in [1.54, 1.807) is 6.08 Å². The summed E-state index contributed by atoms with van der Waals surface area (Å²) in [7, 11) is 6.77. The summed E-state index contributed by atoms with van der Waals surface area (Å²) in [5, 5.41) is 0. The van der Waals surface area contributed by atoms with Gasteiger partial charge >= 0.3 is 0 Å². The van der Waals surface area contributed by atoms with E-state index < -0.39 is 0 Å². The summed E-state index contributed by atoms with van der Waals surface area (Å²) in [6.45, 7) is 21.8. The van der Waals surface area contributed by atoms with Crippen LogP contribution in [-0.4, -0.2) is 88.3 Å². The van der Waals surface area contributed by atoms with Crippen LogP contribution in [0.25, 0.3) is 22.3 Å². The van der Waals surface area contributed by atoms with Gasteiger partial charge in [-0.2, -0.15) is 0 Å². The highest BCUT2D eigenvalue weighted by atomic mass is 16.5. The maximum atomic E-state index is 6.22. The molecule has 396 valence electrons. The third kappa shape index (κ3) is 21.9. The van der Waals surface area contributed by atoms with Crippen LogP contribution in [0.15, 0.2) is 183 Å². The molecule has 0 aliphatic carbocycles. The van der Waals surface area contributed by atoms with Gasteiger partial charge in [-0.3, -0.25) is 0 Å². The molecule has 0 aromatic heterocycles. The smallest absolute Gasteiger partial charge is 0.119 e. The third-order valence-electron chi connectivity index (χ3n) is 13.3. The average Bonchev–Trinajstić information content (AvgIpc) is 3.44. The van der Waals surface area contributed by atoms with Crippen molar-refractivity contribution in [1.82, 2.24) is 14.7 Å². The van der Waals surface area contributed by atoms with Gasteiger partial charge in [0, 0.05) is 13.1 Å². The van der Waals surface area contributed by atoms with Crippen molar-refractivity contribution in [3.63, 3.8) is 0 Å². The molecule has 0 saturated carbocycles. The summed E-state index contributed by atoms with van der Waals surface area (Å²) >= 11 is 0. The minimum atomic E-state index is 0.695. The van der Waals surface area contributed by atoms with E-state index in [-0.39, 0.29) is 0 Å². The van der Waals surface area contributed by atoms with E-state index in [0.29, 0.717) is 6.61 Å². The van der Waals surface area contributed by atoms with Gasteiger partial charge in [0.05, 0.1) is 6.61 Å². The molecule has 0 fully saturated rings. The zero-order chi connectivity index (χ0) is 53.0. The van der Waals surface area contributed by atoms with Crippen LogP contribution in [0.2, 0.25) is 0 Å². The van der Waals surface area contributed by atoms with E-state index in [4.69, 9.17) is 9.47 Å². The summed E-state index contributed by atoms with van der Waals surface area (Å²) in [5.74, 6) is 1.87. The molecular formula is C69H93N3O2. The second-order valence-electron chi connectivity index (χ2n) is 19.1. The number of benzene rings is 6. The topological polar surface area (TPSA) is 28.2 Å². The molecular weight excluding hydrogens is 903 g/mol. The Bertz CT molecular complexity index is 2410. The molecule has 0 bridgehead atoms. The summed E-state index contributed by atoms with van der Waals surface area (Å²) < 4.78 is 12.4. The molecule has 6 aromatic rings. The SMILES string of the molecule is C=CC.CC.CC/C(=C(\c1ccccc1)c1ccc(OCCCN(C)CCCCCCN(C)CCCCCCN(C)CCOc2ccc(/C(=C(/CC)c3ccccc3)c3ccccc3)cc2)cc1)c1ccccc1. The molecule has 0 N–H and O–H groups in total. The highest BCUT2D eigenvalue weighted by Crippen LogP contribution is 2.36. The molecule has 6 aromatic carbocycles. The van der Waals surface area contributed by atoms with Gasteiger partial charge in [0.15, 0.2) is 0 Å². The van der Waals surface area contributed by atoms with Gasteiger partial charge < -0.3 is 24.2 Å². The molecule has 5 nitrogen and oxygen atoms in total. The number of unbranched alkanes of at least 4 members (excludes halogenated alkanes) is 6. The van der Waals surface area contributed by atoms with Crippen molar-refractivity contribution in [3.05, 3.63) is 216 Å². The molecule has 0 aliphatic rings. The first-order valence-corrected chi connectivity index (χ1v) is 28.1. The van der Waals surface area contributed by atoms with Gasteiger partial charge in [0.1, 0.15) is 18.1 Å². The highest BCUT2D eigenvalue weighted by Gasteiger charge is 2.15. The van der Waals surface area contributed by atoms with Crippen molar-refractivity contribution >= 4 is 22.3 Å². The van der Waals surface area contributed by atoms with E-state index in [1.165, 1.54) is 120 Å². The first kappa shape index (κ1) is 60.6. The van der Waals surface area contributed by atoms with E-state index >= 15 is 0 Å². The van der Waals surface area contributed by atoms with Crippen LogP contribution in [-0.2, 0) is 0 Å². The fraction of sp³-hybridized carbons (Fsp3) is 0.391. The van der Waals surface area contributed by atoms with Crippen molar-refractivity contribution in [1.29, 1.82) is 0 Å². The zero-order valence-electron chi connectivity index (χ0n) is 47.0. The van der Waals surface area contributed by atoms with Crippen molar-refractivity contribution < 1.29 is 9.47 Å². The summed E-state index contributed by atoms with van der Waals surface area (Å²) in [6, 6.07) is 60.5. The molecule has 0 atom stereocenters. The van der Waals surface area contributed by atoms with Crippen LogP contribution in [0.1, 0.15) is 139 Å². The van der Waals surface area contributed by atoms with Crippen molar-refractivity contribution in [3.8, 4) is 11.5 Å². The van der Waals surface area contributed by atoms with Gasteiger partial charge in [0.2, 0.25) is 0 Å². The Kier molecular flexibility index (Phi) is 30.2. The van der Waals surface area contributed by atoms with Gasteiger partial charge in [-0.25, -0.2) is 0 Å².